The van der Waals surface area contributed by atoms with Crippen LogP contribution < -0.4 is 5.32 Å². The van der Waals surface area contributed by atoms with Crippen LogP contribution in [0.1, 0.15) is 23.6 Å². The number of hydrogen-bond acceptors (Lipinski definition) is 3. The van der Waals surface area contributed by atoms with Gasteiger partial charge in [0.05, 0.1) is 5.69 Å². The number of nitrogens with one attached hydrogen (secondary N) is 1. The number of rotatable bonds is 7. The Morgan fingerprint density at radius 1 is 1.26 bits per heavy atom. The van der Waals surface area contributed by atoms with E-state index >= 15 is 0 Å². The van der Waals surface area contributed by atoms with Crippen molar-refractivity contribution in [1.29, 1.82) is 0 Å². The van der Waals surface area contributed by atoms with E-state index in [2.05, 4.69) is 37.6 Å². The minimum Gasteiger partial charge on any atom is -0.338 e. The van der Waals surface area contributed by atoms with E-state index in [-0.39, 0.29) is 0 Å². The molecule has 0 aliphatic heterocycles. The lowest BCUT2D eigenvalue weighted by Crippen LogP contribution is -2.21. The van der Waals surface area contributed by atoms with E-state index in [9.17, 15) is 0 Å². The zero-order chi connectivity index (χ0) is 13.7. The van der Waals surface area contributed by atoms with Crippen LogP contribution in [0.3, 0.4) is 0 Å². The van der Waals surface area contributed by atoms with Gasteiger partial charge in [-0.2, -0.15) is 5.10 Å². The molecular weight excluding hydrogens is 238 g/mol. The standard InChI is InChI=1S/C14H23N5/c1-12-11-13(2)19(17-12)9-4-6-15-7-5-14-16-8-10-18(14)3/h8,10-11,15H,4-7,9H2,1-3H3. The van der Waals surface area contributed by atoms with Crippen molar-refractivity contribution >= 4 is 0 Å². The fourth-order valence-electron chi connectivity index (χ4n) is 2.22. The summed E-state index contributed by atoms with van der Waals surface area (Å²) in [5.41, 5.74) is 2.34. The van der Waals surface area contributed by atoms with Crippen LogP contribution in [0.2, 0.25) is 0 Å². The average molecular weight is 261 g/mol. The summed E-state index contributed by atoms with van der Waals surface area (Å²) in [7, 11) is 2.03. The van der Waals surface area contributed by atoms with E-state index < -0.39 is 0 Å². The Bertz CT molecular complexity index is 512. The van der Waals surface area contributed by atoms with E-state index in [0.29, 0.717) is 0 Å². The molecule has 2 rings (SSSR count). The molecule has 0 amide bonds. The van der Waals surface area contributed by atoms with E-state index in [1.807, 2.05) is 26.4 Å². The molecule has 5 heteroatoms. The summed E-state index contributed by atoms with van der Waals surface area (Å²) in [6.07, 6.45) is 5.91. The van der Waals surface area contributed by atoms with Crippen molar-refractivity contribution in [2.75, 3.05) is 13.1 Å². The minimum absolute atomic E-state index is 0.974. The van der Waals surface area contributed by atoms with Crippen molar-refractivity contribution in [2.45, 2.75) is 33.2 Å². The SMILES string of the molecule is Cc1cc(C)n(CCCNCCc2nccn2C)n1. The zero-order valence-electron chi connectivity index (χ0n) is 12.1. The molecule has 0 fully saturated rings. The van der Waals surface area contributed by atoms with Crippen LogP contribution in [0.15, 0.2) is 18.5 Å². The van der Waals surface area contributed by atoms with E-state index in [1.165, 1.54) is 5.69 Å². The Labute approximate surface area is 114 Å². The predicted octanol–water partition coefficient (Wildman–Crippen LogP) is 1.46. The molecule has 1 N–H and O–H groups in total. The first-order valence-corrected chi connectivity index (χ1v) is 6.85. The van der Waals surface area contributed by atoms with Crippen molar-refractivity contribution < 1.29 is 0 Å². The van der Waals surface area contributed by atoms with Crippen LogP contribution in [-0.2, 0) is 20.0 Å². The summed E-state index contributed by atoms with van der Waals surface area (Å²) in [5, 5.41) is 7.91. The fraction of sp³-hybridized carbons (Fsp3) is 0.571. The second-order valence-corrected chi connectivity index (χ2v) is 4.96. The molecule has 0 bridgehead atoms. The van der Waals surface area contributed by atoms with Crippen LogP contribution in [0.4, 0.5) is 0 Å². The lowest BCUT2D eigenvalue weighted by molar-refractivity contribution is 0.530. The number of aryl methyl sites for hydroxylation is 4. The van der Waals surface area contributed by atoms with E-state index in [0.717, 1.165) is 44.0 Å². The molecule has 0 atom stereocenters. The molecule has 0 radical (unpaired) electrons. The molecule has 2 aromatic heterocycles. The second-order valence-electron chi connectivity index (χ2n) is 4.96. The van der Waals surface area contributed by atoms with Crippen molar-refractivity contribution in [1.82, 2.24) is 24.6 Å². The first-order valence-electron chi connectivity index (χ1n) is 6.85. The van der Waals surface area contributed by atoms with Crippen molar-refractivity contribution in [3.05, 3.63) is 35.7 Å². The fourth-order valence-corrected chi connectivity index (χ4v) is 2.22. The molecule has 104 valence electrons. The highest BCUT2D eigenvalue weighted by Crippen LogP contribution is 2.02. The third-order valence-electron chi connectivity index (χ3n) is 3.27. The quantitative estimate of drug-likeness (QED) is 0.768. The molecule has 5 nitrogen and oxygen atoms in total. The summed E-state index contributed by atoms with van der Waals surface area (Å²) in [6.45, 7) is 7.11. The zero-order valence-corrected chi connectivity index (χ0v) is 12.1. The van der Waals surface area contributed by atoms with Gasteiger partial charge in [-0.3, -0.25) is 4.68 Å². The Hall–Kier alpha value is -1.62. The molecule has 2 aromatic rings. The molecule has 0 aliphatic rings. The highest BCUT2D eigenvalue weighted by Gasteiger charge is 2.00. The molecule has 0 spiro atoms. The van der Waals surface area contributed by atoms with Crippen LogP contribution in [-0.4, -0.2) is 32.4 Å². The third kappa shape index (κ3) is 3.92. The Kier molecular flexibility index (Phi) is 4.74. The number of aromatic nitrogens is 4. The molecule has 19 heavy (non-hydrogen) atoms. The first kappa shape index (κ1) is 13.8. The maximum atomic E-state index is 4.46. The Balaban J connectivity index is 1.60. The Morgan fingerprint density at radius 3 is 2.74 bits per heavy atom. The monoisotopic (exact) mass is 261 g/mol. The molecule has 0 aromatic carbocycles. The van der Waals surface area contributed by atoms with Crippen LogP contribution in [0, 0.1) is 13.8 Å². The molecule has 0 aliphatic carbocycles. The van der Waals surface area contributed by atoms with E-state index in [1.54, 1.807) is 0 Å². The largest absolute Gasteiger partial charge is 0.338 e. The summed E-state index contributed by atoms with van der Waals surface area (Å²) >= 11 is 0. The van der Waals surface area contributed by atoms with Gasteiger partial charge in [0, 0.05) is 44.6 Å². The topological polar surface area (TPSA) is 47.7 Å². The summed E-state index contributed by atoms with van der Waals surface area (Å²) in [6, 6.07) is 2.12. The first-order chi connectivity index (χ1) is 9.16. The van der Waals surface area contributed by atoms with Crippen molar-refractivity contribution in [3.8, 4) is 0 Å². The minimum atomic E-state index is 0.974. The van der Waals surface area contributed by atoms with Gasteiger partial charge in [-0.05, 0) is 32.9 Å². The normalized spacial score (nSPS) is 11.1. The van der Waals surface area contributed by atoms with Gasteiger partial charge >= 0.3 is 0 Å². The van der Waals surface area contributed by atoms with Gasteiger partial charge in [-0.1, -0.05) is 0 Å². The van der Waals surface area contributed by atoms with Gasteiger partial charge in [-0.25, -0.2) is 4.98 Å². The number of hydrogen-bond donors (Lipinski definition) is 1. The van der Waals surface area contributed by atoms with Gasteiger partial charge in [0.15, 0.2) is 0 Å². The summed E-state index contributed by atoms with van der Waals surface area (Å²) < 4.78 is 4.15. The summed E-state index contributed by atoms with van der Waals surface area (Å²) in [5.74, 6) is 1.13. The van der Waals surface area contributed by atoms with Gasteiger partial charge in [-0.15, -0.1) is 0 Å². The predicted molar refractivity (Wildman–Crippen MR) is 76.1 cm³/mol. The third-order valence-corrected chi connectivity index (χ3v) is 3.27. The van der Waals surface area contributed by atoms with Gasteiger partial charge < -0.3 is 9.88 Å². The lowest BCUT2D eigenvalue weighted by atomic mass is 10.3. The number of imidazole rings is 1. The van der Waals surface area contributed by atoms with Gasteiger partial charge in [0.1, 0.15) is 5.82 Å². The van der Waals surface area contributed by atoms with Crippen LogP contribution in [0.5, 0.6) is 0 Å². The summed E-state index contributed by atoms with van der Waals surface area (Å²) in [4.78, 5) is 4.30. The van der Waals surface area contributed by atoms with Crippen molar-refractivity contribution in [2.24, 2.45) is 7.05 Å². The molecule has 2 heterocycles. The maximum Gasteiger partial charge on any atom is 0.109 e. The highest BCUT2D eigenvalue weighted by atomic mass is 15.3. The maximum absolute atomic E-state index is 4.46. The molecule has 0 unspecified atom stereocenters. The molecule has 0 saturated heterocycles. The highest BCUT2D eigenvalue weighted by molar-refractivity contribution is 5.06. The second kappa shape index (κ2) is 6.52. The van der Waals surface area contributed by atoms with Gasteiger partial charge in [0.25, 0.3) is 0 Å². The van der Waals surface area contributed by atoms with Crippen molar-refractivity contribution in [3.63, 3.8) is 0 Å². The van der Waals surface area contributed by atoms with Gasteiger partial charge in [0.2, 0.25) is 0 Å². The molecular formula is C14H23N5. The Morgan fingerprint density at radius 2 is 2.11 bits per heavy atom. The van der Waals surface area contributed by atoms with Crippen LogP contribution >= 0.6 is 0 Å². The lowest BCUT2D eigenvalue weighted by Gasteiger charge is -2.06. The number of nitrogens with zero attached hydrogens (tertiary/aromatic N) is 4. The average Bonchev–Trinajstić information content (AvgIpc) is 2.90. The smallest absolute Gasteiger partial charge is 0.109 e. The van der Waals surface area contributed by atoms with E-state index in [4.69, 9.17) is 0 Å². The molecule has 0 saturated carbocycles. The van der Waals surface area contributed by atoms with Crippen LogP contribution in [0.25, 0.3) is 0 Å².